The van der Waals surface area contributed by atoms with Crippen molar-refractivity contribution in [2.45, 2.75) is 6.92 Å². The van der Waals surface area contributed by atoms with Crippen molar-refractivity contribution in [3.63, 3.8) is 0 Å². The number of nitriles is 1. The van der Waals surface area contributed by atoms with Crippen LogP contribution in [0.4, 0.5) is 10.1 Å². The summed E-state index contributed by atoms with van der Waals surface area (Å²) in [6, 6.07) is 7.73. The first-order valence-corrected chi connectivity index (χ1v) is 11.5. The van der Waals surface area contributed by atoms with E-state index in [9.17, 15) is 10.1 Å². The Morgan fingerprint density at radius 1 is 1.23 bits per heavy atom. The van der Waals surface area contributed by atoms with E-state index in [2.05, 4.69) is 22.7 Å². The zero-order valence-corrected chi connectivity index (χ0v) is 20.1. The number of anilines is 1. The molecule has 0 atom stereocenters. The molecule has 0 N–H and O–H groups in total. The van der Waals surface area contributed by atoms with E-state index in [0.717, 1.165) is 16.5 Å². The fraction of sp³-hybridized carbons (Fsp3) is 0.231. The molecule has 1 amide bonds. The van der Waals surface area contributed by atoms with Crippen molar-refractivity contribution >= 4 is 45.0 Å². The Bertz CT molecular complexity index is 1560. The Balaban J connectivity index is 1.70. The van der Waals surface area contributed by atoms with E-state index in [1.807, 2.05) is 31.0 Å². The van der Waals surface area contributed by atoms with Crippen molar-refractivity contribution in [2.75, 3.05) is 31.1 Å². The third kappa shape index (κ3) is 3.60. The van der Waals surface area contributed by atoms with Crippen molar-refractivity contribution in [1.82, 2.24) is 19.7 Å². The number of nitrogens with zero attached hydrogens (tertiary/aromatic N) is 6. The summed E-state index contributed by atoms with van der Waals surface area (Å²) >= 11 is 6.76. The van der Waals surface area contributed by atoms with Crippen LogP contribution in [0.5, 0.6) is 0 Å². The molecule has 2 aromatic carbocycles. The monoisotopic (exact) mass is 488 g/mol. The minimum atomic E-state index is -0.546. The van der Waals surface area contributed by atoms with Crippen LogP contribution in [0.3, 0.4) is 0 Å². The van der Waals surface area contributed by atoms with Gasteiger partial charge in [0.15, 0.2) is 5.82 Å². The van der Waals surface area contributed by atoms with E-state index in [0.29, 0.717) is 48.4 Å². The maximum atomic E-state index is 16.2. The third-order valence-electron chi connectivity index (χ3n) is 6.59. The second-order valence-electron chi connectivity index (χ2n) is 8.56. The summed E-state index contributed by atoms with van der Waals surface area (Å²) in [4.78, 5) is 20.0. The lowest BCUT2D eigenvalue weighted by atomic mass is 9.95. The first-order chi connectivity index (χ1) is 16.8. The summed E-state index contributed by atoms with van der Waals surface area (Å²) in [5, 5.41) is 15.7. The lowest BCUT2D eigenvalue weighted by Gasteiger charge is -2.36. The SMILES string of the molecule is C=CC(=O)N1CCN(c2c(C#N)cnc3c(F)c(-c4c(C)ccc5cnn(C)c45)c(Cl)cc23)CC1. The van der Waals surface area contributed by atoms with E-state index in [-0.39, 0.29) is 22.0 Å². The van der Waals surface area contributed by atoms with Crippen LogP contribution in [-0.2, 0) is 11.8 Å². The zero-order valence-electron chi connectivity index (χ0n) is 19.3. The molecule has 4 aromatic rings. The lowest BCUT2D eigenvalue weighted by Crippen LogP contribution is -2.48. The summed E-state index contributed by atoms with van der Waals surface area (Å²) < 4.78 is 17.9. The number of carbonyl (C=O) groups is 1. The molecule has 0 unspecified atom stereocenters. The number of aromatic nitrogens is 3. The highest BCUT2D eigenvalue weighted by Crippen LogP contribution is 2.43. The summed E-state index contributed by atoms with van der Waals surface area (Å²) in [7, 11) is 1.81. The normalized spacial score (nSPS) is 13.9. The summed E-state index contributed by atoms with van der Waals surface area (Å²) in [6.07, 6.45) is 4.42. The maximum absolute atomic E-state index is 16.2. The first kappa shape index (κ1) is 22.8. The van der Waals surface area contributed by atoms with Gasteiger partial charge in [0.1, 0.15) is 11.6 Å². The van der Waals surface area contributed by atoms with Gasteiger partial charge in [0.2, 0.25) is 5.91 Å². The predicted octanol–water partition coefficient (Wildman–Crippen LogP) is 4.60. The van der Waals surface area contributed by atoms with Gasteiger partial charge in [0.05, 0.1) is 28.0 Å². The number of pyridine rings is 1. The average molecular weight is 489 g/mol. The van der Waals surface area contributed by atoms with Gasteiger partial charge in [-0.1, -0.05) is 30.3 Å². The predicted molar refractivity (Wildman–Crippen MR) is 135 cm³/mol. The molecule has 1 aliphatic rings. The Kier molecular flexibility index (Phi) is 5.65. The minimum absolute atomic E-state index is 0.136. The Morgan fingerprint density at radius 2 is 1.97 bits per heavy atom. The molecule has 7 nitrogen and oxygen atoms in total. The van der Waals surface area contributed by atoms with Gasteiger partial charge in [-0.25, -0.2) is 4.39 Å². The van der Waals surface area contributed by atoms with Gasteiger partial charge in [-0.15, -0.1) is 0 Å². The van der Waals surface area contributed by atoms with Crippen LogP contribution in [0, 0.1) is 24.1 Å². The zero-order chi connectivity index (χ0) is 24.9. The van der Waals surface area contributed by atoms with Gasteiger partial charge >= 0.3 is 0 Å². The molecule has 0 spiro atoms. The number of halogens is 2. The largest absolute Gasteiger partial charge is 0.366 e. The van der Waals surface area contributed by atoms with Gasteiger partial charge < -0.3 is 9.80 Å². The standard InChI is InChI=1S/C26H22ClFN6O/c1-4-20(35)33-7-9-34(10-8-33)25-17(12-29)13-30-24-18(25)11-19(27)22(23(24)28)21-15(2)5-6-16-14-31-32(3)26(16)21/h4-6,11,13-14H,1,7-10H2,2-3H3. The second-order valence-corrected chi connectivity index (χ2v) is 8.96. The van der Waals surface area contributed by atoms with Crippen molar-refractivity contribution in [1.29, 1.82) is 5.26 Å². The van der Waals surface area contributed by atoms with Crippen LogP contribution in [0.2, 0.25) is 5.02 Å². The van der Waals surface area contributed by atoms with Gasteiger partial charge in [-0.3, -0.25) is 14.5 Å². The molecule has 0 bridgehead atoms. The highest BCUT2D eigenvalue weighted by Gasteiger charge is 2.27. The number of piperazine rings is 1. The Hall–Kier alpha value is -3.96. The summed E-state index contributed by atoms with van der Waals surface area (Å²) in [5.74, 6) is -0.682. The molecule has 1 saturated heterocycles. The highest BCUT2D eigenvalue weighted by atomic mass is 35.5. The van der Waals surface area contributed by atoms with Gasteiger partial charge in [0.25, 0.3) is 0 Å². The molecule has 0 aliphatic carbocycles. The molecule has 176 valence electrons. The van der Waals surface area contributed by atoms with E-state index in [1.165, 1.54) is 12.3 Å². The molecule has 1 fully saturated rings. The number of amides is 1. The smallest absolute Gasteiger partial charge is 0.246 e. The van der Waals surface area contributed by atoms with Crippen LogP contribution in [0.15, 0.2) is 43.2 Å². The molecule has 1 aliphatic heterocycles. The van der Waals surface area contributed by atoms with Crippen LogP contribution in [0.25, 0.3) is 32.9 Å². The number of carbonyl (C=O) groups excluding carboxylic acids is 1. The number of fused-ring (bicyclic) bond motifs is 2. The second kappa shape index (κ2) is 8.67. The molecule has 35 heavy (non-hydrogen) atoms. The molecular formula is C26H22ClFN6O. The fourth-order valence-corrected chi connectivity index (χ4v) is 5.15. The van der Waals surface area contributed by atoms with Crippen molar-refractivity contribution < 1.29 is 9.18 Å². The molecular weight excluding hydrogens is 467 g/mol. The van der Waals surface area contributed by atoms with Crippen LogP contribution in [-0.4, -0.2) is 51.8 Å². The molecule has 2 aromatic heterocycles. The topological polar surface area (TPSA) is 78.1 Å². The minimum Gasteiger partial charge on any atom is -0.366 e. The number of hydrogen-bond acceptors (Lipinski definition) is 5. The summed E-state index contributed by atoms with van der Waals surface area (Å²) in [5.41, 5.74) is 3.61. The maximum Gasteiger partial charge on any atom is 0.246 e. The van der Waals surface area contributed by atoms with Crippen LogP contribution in [0.1, 0.15) is 11.1 Å². The van der Waals surface area contributed by atoms with Gasteiger partial charge in [-0.2, -0.15) is 10.4 Å². The number of benzene rings is 2. The molecule has 0 radical (unpaired) electrons. The quantitative estimate of drug-likeness (QED) is 0.394. The van der Waals surface area contributed by atoms with Crippen LogP contribution < -0.4 is 4.90 Å². The van der Waals surface area contributed by atoms with E-state index in [4.69, 9.17) is 11.6 Å². The van der Waals surface area contributed by atoms with Gasteiger partial charge in [-0.05, 0) is 24.6 Å². The molecule has 9 heteroatoms. The van der Waals surface area contributed by atoms with Crippen molar-refractivity contribution in [3.05, 3.63) is 65.2 Å². The average Bonchev–Trinajstić information content (AvgIpc) is 3.24. The van der Waals surface area contributed by atoms with Crippen LogP contribution >= 0.6 is 11.6 Å². The molecule has 0 saturated carbocycles. The summed E-state index contributed by atoms with van der Waals surface area (Å²) in [6.45, 7) is 7.36. The first-order valence-electron chi connectivity index (χ1n) is 11.1. The number of aryl methyl sites for hydroxylation is 2. The van der Waals surface area contributed by atoms with E-state index >= 15 is 4.39 Å². The fourth-order valence-electron chi connectivity index (χ4n) is 4.87. The molecule has 3 heterocycles. The Morgan fingerprint density at radius 3 is 2.66 bits per heavy atom. The van der Waals surface area contributed by atoms with E-state index in [1.54, 1.807) is 21.8 Å². The van der Waals surface area contributed by atoms with Crippen molar-refractivity contribution in [2.24, 2.45) is 7.05 Å². The Labute approximate surface area is 206 Å². The lowest BCUT2D eigenvalue weighted by molar-refractivity contribution is -0.126. The number of hydrogen-bond donors (Lipinski definition) is 0. The van der Waals surface area contributed by atoms with E-state index < -0.39 is 5.82 Å². The number of rotatable bonds is 3. The third-order valence-corrected chi connectivity index (χ3v) is 6.89. The van der Waals surface area contributed by atoms with Crippen molar-refractivity contribution in [3.8, 4) is 17.2 Å². The molecule has 5 rings (SSSR count). The van der Waals surface area contributed by atoms with Gasteiger partial charge in [0, 0.05) is 61.3 Å². The highest BCUT2D eigenvalue weighted by molar-refractivity contribution is 6.35.